The molecule has 25 heavy (non-hydrogen) atoms. The van der Waals surface area contributed by atoms with Crippen LogP contribution >= 0.6 is 22.7 Å². The molecule has 0 atom stereocenters. The van der Waals surface area contributed by atoms with Crippen molar-refractivity contribution in [1.29, 1.82) is 0 Å². The first-order valence-corrected chi connectivity index (χ1v) is 9.31. The molecule has 6 nitrogen and oxygen atoms in total. The van der Waals surface area contributed by atoms with E-state index in [1.807, 2.05) is 24.4 Å². The van der Waals surface area contributed by atoms with Crippen LogP contribution in [0.25, 0.3) is 20.3 Å². The fourth-order valence-electron chi connectivity index (χ4n) is 2.54. The number of thiophene rings is 1. The summed E-state index contributed by atoms with van der Waals surface area (Å²) < 4.78 is 12.5. The molecule has 1 N–H and O–H groups in total. The lowest BCUT2D eigenvalue weighted by atomic mass is 10.1. The molecule has 8 heteroatoms. The highest BCUT2D eigenvalue weighted by Crippen LogP contribution is 2.38. The first-order valence-electron chi connectivity index (χ1n) is 7.61. The fourth-order valence-corrected chi connectivity index (χ4v) is 4.37. The number of aromatic nitrogens is 1. The largest absolute Gasteiger partial charge is 0.483 e. The summed E-state index contributed by atoms with van der Waals surface area (Å²) in [6.07, 6.45) is 0. The third-order valence-corrected chi connectivity index (χ3v) is 5.51. The zero-order valence-electron chi connectivity index (χ0n) is 14.3. The number of benzene rings is 1. The van der Waals surface area contributed by atoms with Gasteiger partial charge in [0.1, 0.15) is 11.3 Å². The summed E-state index contributed by atoms with van der Waals surface area (Å²) in [5.41, 5.74) is -0.137. The van der Waals surface area contributed by atoms with E-state index in [9.17, 15) is 9.59 Å². The molecule has 0 radical (unpaired) electrons. The number of carbonyl (C=O) groups is 2. The van der Waals surface area contributed by atoms with Gasteiger partial charge in [0, 0.05) is 11.5 Å². The van der Waals surface area contributed by atoms with Crippen molar-refractivity contribution >= 4 is 54.9 Å². The Hall–Kier alpha value is -2.19. The Balaban J connectivity index is 1.80. The second-order valence-corrected chi connectivity index (χ2v) is 8.22. The number of amides is 1. The smallest absolute Gasteiger partial charge is 0.330 e. The highest BCUT2D eigenvalue weighted by molar-refractivity contribution is 7.21. The van der Waals surface area contributed by atoms with Crippen molar-refractivity contribution in [2.75, 3.05) is 13.7 Å². The van der Waals surface area contributed by atoms with E-state index in [1.54, 1.807) is 36.5 Å². The number of methoxy groups -OCH3 is 1. The average Bonchev–Trinajstić information content (AvgIpc) is 3.16. The van der Waals surface area contributed by atoms with E-state index >= 15 is 0 Å². The molecule has 132 valence electrons. The summed E-state index contributed by atoms with van der Waals surface area (Å²) in [6.45, 7) is 4.95. The van der Waals surface area contributed by atoms with Crippen LogP contribution in [-0.2, 0) is 14.3 Å². The second-order valence-electron chi connectivity index (χ2n) is 6.07. The fraction of sp³-hybridized carbons (Fsp3) is 0.353. The molecule has 3 rings (SSSR count). The quantitative estimate of drug-likeness (QED) is 0.690. The van der Waals surface area contributed by atoms with Crippen LogP contribution in [-0.4, -0.2) is 36.1 Å². The Morgan fingerprint density at radius 1 is 1.36 bits per heavy atom. The molecule has 0 bridgehead atoms. The summed E-state index contributed by atoms with van der Waals surface area (Å²) in [5, 5.41) is 6.51. The summed E-state index contributed by atoms with van der Waals surface area (Å²) in [4.78, 5) is 28.4. The number of thiazole rings is 1. The number of nitrogens with zero attached hydrogens (tertiary/aromatic N) is 1. The standard InChI is InChI=1S/C17H18N2O4S2/c1-9-18-14-12(25-9)7-11(10-5-6-24-15(10)14)23-8-13(20)19-17(2,3)16(21)22-4/h5-7H,8H2,1-4H3,(H,19,20). The molecule has 0 spiro atoms. The molecular weight excluding hydrogens is 360 g/mol. The van der Waals surface area contributed by atoms with Crippen LogP contribution < -0.4 is 10.1 Å². The van der Waals surface area contributed by atoms with Gasteiger partial charge in [-0.05, 0) is 32.2 Å². The number of rotatable bonds is 5. The van der Waals surface area contributed by atoms with Crippen LogP contribution in [0.15, 0.2) is 17.5 Å². The number of aryl methyl sites for hydroxylation is 1. The lowest BCUT2D eigenvalue weighted by molar-refractivity contribution is -0.149. The van der Waals surface area contributed by atoms with Gasteiger partial charge in [0.15, 0.2) is 6.61 Å². The Bertz CT molecular complexity index is 958. The molecular formula is C17H18N2O4S2. The van der Waals surface area contributed by atoms with E-state index in [1.165, 1.54) is 7.11 Å². The number of nitrogens with one attached hydrogen (secondary N) is 1. The first-order chi connectivity index (χ1) is 11.8. The van der Waals surface area contributed by atoms with Gasteiger partial charge in [-0.15, -0.1) is 22.7 Å². The predicted octanol–water partition coefficient (Wildman–Crippen LogP) is 3.27. The zero-order valence-corrected chi connectivity index (χ0v) is 16.0. The molecule has 0 saturated carbocycles. The Morgan fingerprint density at radius 2 is 2.12 bits per heavy atom. The van der Waals surface area contributed by atoms with E-state index in [0.29, 0.717) is 5.75 Å². The van der Waals surface area contributed by atoms with Gasteiger partial charge >= 0.3 is 5.97 Å². The van der Waals surface area contributed by atoms with E-state index in [4.69, 9.17) is 4.74 Å². The molecule has 1 amide bonds. The van der Waals surface area contributed by atoms with Gasteiger partial charge < -0.3 is 14.8 Å². The van der Waals surface area contributed by atoms with E-state index < -0.39 is 11.5 Å². The molecule has 2 heterocycles. The van der Waals surface area contributed by atoms with Crippen LogP contribution in [0.4, 0.5) is 0 Å². The maximum Gasteiger partial charge on any atom is 0.330 e. The molecule has 0 unspecified atom stereocenters. The van der Waals surface area contributed by atoms with Crippen LogP contribution in [0, 0.1) is 6.92 Å². The van der Waals surface area contributed by atoms with Gasteiger partial charge in [-0.1, -0.05) is 0 Å². The van der Waals surface area contributed by atoms with E-state index in [0.717, 1.165) is 25.3 Å². The van der Waals surface area contributed by atoms with Crippen molar-refractivity contribution in [3.05, 3.63) is 22.5 Å². The Morgan fingerprint density at radius 3 is 2.84 bits per heavy atom. The summed E-state index contributed by atoms with van der Waals surface area (Å²) in [7, 11) is 1.28. The third kappa shape index (κ3) is 3.45. The van der Waals surface area contributed by atoms with Gasteiger partial charge in [-0.25, -0.2) is 9.78 Å². The van der Waals surface area contributed by atoms with Gasteiger partial charge in [0.05, 0.1) is 27.0 Å². The van der Waals surface area contributed by atoms with Crippen LogP contribution in [0.3, 0.4) is 0 Å². The minimum Gasteiger partial charge on any atom is -0.483 e. The zero-order chi connectivity index (χ0) is 18.2. The summed E-state index contributed by atoms with van der Waals surface area (Å²) in [5.74, 6) is -0.264. The maximum atomic E-state index is 12.1. The van der Waals surface area contributed by atoms with Crippen molar-refractivity contribution < 1.29 is 19.1 Å². The van der Waals surface area contributed by atoms with Crippen LogP contribution in [0.1, 0.15) is 18.9 Å². The third-order valence-electron chi connectivity index (χ3n) is 3.67. The number of hydrogen-bond acceptors (Lipinski definition) is 7. The van der Waals surface area contributed by atoms with Crippen molar-refractivity contribution in [3.8, 4) is 5.75 Å². The average molecular weight is 378 g/mol. The molecule has 0 aliphatic carbocycles. The molecule has 2 aromatic heterocycles. The van der Waals surface area contributed by atoms with Gasteiger partial charge in [0.2, 0.25) is 0 Å². The lowest BCUT2D eigenvalue weighted by Crippen LogP contribution is -2.51. The normalized spacial score (nSPS) is 11.7. The number of fused-ring (bicyclic) bond motifs is 3. The van der Waals surface area contributed by atoms with E-state index in [2.05, 4.69) is 15.0 Å². The summed E-state index contributed by atoms with van der Waals surface area (Å²) in [6, 6.07) is 3.87. The Labute approximate surface area is 152 Å². The van der Waals surface area contributed by atoms with Gasteiger partial charge in [-0.3, -0.25) is 4.79 Å². The van der Waals surface area contributed by atoms with Crippen molar-refractivity contribution in [2.45, 2.75) is 26.3 Å². The van der Waals surface area contributed by atoms with Crippen LogP contribution in [0.5, 0.6) is 5.75 Å². The van der Waals surface area contributed by atoms with E-state index in [-0.39, 0.29) is 12.5 Å². The molecule has 0 aliphatic heterocycles. The molecule has 1 aromatic carbocycles. The SMILES string of the molecule is COC(=O)C(C)(C)NC(=O)COc1cc2sc(C)nc2c2sccc12. The Kier molecular flexibility index (Phi) is 4.66. The molecule has 0 aliphatic rings. The summed E-state index contributed by atoms with van der Waals surface area (Å²) >= 11 is 3.19. The van der Waals surface area contributed by atoms with Crippen molar-refractivity contribution in [2.24, 2.45) is 0 Å². The molecule has 0 fully saturated rings. The molecule has 0 saturated heterocycles. The highest BCUT2D eigenvalue weighted by atomic mass is 32.1. The lowest BCUT2D eigenvalue weighted by Gasteiger charge is -2.23. The molecule has 3 aromatic rings. The number of ether oxygens (including phenoxy) is 2. The number of esters is 1. The van der Waals surface area contributed by atoms with Crippen molar-refractivity contribution in [1.82, 2.24) is 10.3 Å². The second kappa shape index (κ2) is 6.61. The minimum absolute atomic E-state index is 0.186. The first kappa shape index (κ1) is 17.6. The monoisotopic (exact) mass is 378 g/mol. The number of carbonyl (C=O) groups excluding carboxylic acids is 2. The maximum absolute atomic E-state index is 12.1. The van der Waals surface area contributed by atoms with Crippen molar-refractivity contribution in [3.63, 3.8) is 0 Å². The predicted molar refractivity (Wildman–Crippen MR) is 99.5 cm³/mol. The highest BCUT2D eigenvalue weighted by Gasteiger charge is 2.30. The topological polar surface area (TPSA) is 77.5 Å². The van der Waals surface area contributed by atoms with Gasteiger partial charge in [0.25, 0.3) is 5.91 Å². The van der Waals surface area contributed by atoms with Crippen LogP contribution in [0.2, 0.25) is 0 Å². The number of hydrogen-bond donors (Lipinski definition) is 1. The van der Waals surface area contributed by atoms with Gasteiger partial charge in [-0.2, -0.15) is 0 Å². The minimum atomic E-state index is -1.11.